The van der Waals surface area contributed by atoms with E-state index in [1.807, 2.05) is 26.8 Å². The molecule has 2 aromatic heterocycles. The second kappa shape index (κ2) is 6.21. The van der Waals surface area contributed by atoms with Crippen LogP contribution in [0.3, 0.4) is 0 Å². The fraction of sp³-hybridized carbons (Fsp3) is 0.417. The van der Waals surface area contributed by atoms with Crippen molar-refractivity contribution in [2.75, 3.05) is 17.6 Å². The van der Waals surface area contributed by atoms with Gasteiger partial charge in [0.15, 0.2) is 10.1 Å². The molecule has 7 heteroatoms. The number of aromatic nitrogens is 3. The first-order chi connectivity index (χ1) is 9.10. The predicted molar refractivity (Wildman–Crippen MR) is 79.4 cm³/mol. The van der Waals surface area contributed by atoms with Gasteiger partial charge in [-0.15, -0.1) is 10.2 Å². The van der Waals surface area contributed by atoms with Crippen molar-refractivity contribution >= 4 is 34.0 Å². The minimum absolute atomic E-state index is 0.118. The van der Waals surface area contributed by atoms with E-state index in [0.717, 1.165) is 33.0 Å². The zero-order valence-corrected chi connectivity index (χ0v) is 12.7. The molecule has 0 amide bonds. The highest BCUT2D eigenvalue weighted by molar-refractivity contribution is 8.01. The molecule has 0 aliphatic heterocycles. The van der Waals surface area contributed by atoms with Gasteiger partial charge in [-0.3, -0.25) is 4.79 Å². The number of nitrogens with one attached hydrogen (secondary N) is 2. The second-order valence-corrected chi connectivity index (χ2v) is 6.31. The molecule has 0 aromatic carbocycles. The van der Waals surface area contributed by atoms with E-state index in [0.29, 0.717) is 5.75 Å². The maximum Gasteiger partial charge on any atom is 0.206 e. The Hall–Kier alpha value is -1.34. The van der Waals surface area contributed by atoms with Crippen LogP contribution in [0.25, 0.3) is 0 Å². The number of ketones is 1. The van der Waals surface area contributed by atoms with Crippen LogP contribution in [-0.2, 0) is 0 Å². The molecule has 0 saturated heterocycles. The van der Waals surface area contributed by atoms with Crippen LogP contribution >= 0.6 is 23.1 Å². The molecule has 0 fully saturated rings. The van der Waals surface area contributed by atoms with Crippen LogP contribution in [0.1, 0.15) is 28.7 Å². The first-order valence-corrected chi connectivity index (χ1v) is 7.80. The molecule has 2 rings (SSSR count). The van der Waals surface area contributed by atoms with Crippen molar-refractivity contribution in [1.82, 2.24) is 15.2 Å². The number of nitrogens with zero attached hydrogens (tertiary/aromatic N) is 2. The number of hydrogen-bond acceptors (Lipinski definition) is 6. The average Bonchev–Trinajstić information content (AvgIpc) is 2.93. The third-order valence-corrected chi connectivity index (χ3v) is 4.53. The number of carbonyl (C=O) groups is 1. The summed E-state index contributed by atoms with van der Waals surface area (Å²) in [5.74, 6) is 0.505. The first kappa shape index (κ1) is 14.1. The summed E-state index contributed by atoms with van der Waals surface area (Å²) in [5.41, 5.74) is 2.70. The standard InChI is InChI=1S/C12H16N4OS2/c1-4-13-11-15-16-12(19-11)18-6-10(17)9-5-7(2)14-8(9)3/h5,14H,4,6H2,1-3H3,(H,13,15). The van der Waals surface area contributed by atoms with Gasteiger partial charge in [0, 0.05) is 23.5 Å². The summed E-state index contributed by atoms with van der Waals surface area (Å²) >= 11 is 2.90. The lowest BCUT2D eigenvalue weighted by Gasteiger charge is -1.97. The maximum atomic E-state index is 12.1. The number of aryl methyl sites for hydroxylation is 2. The lowest BCUT2D eigenvalue weighted by molar-refractivity contribution is 0.102. The van der Waals surface area contributed by atoms with Gasteiger partial charge in [-0.1, -0.05) is 23.1 Å². The smallest absolute Gasteiger partial charge is 0.206 e. The molecule has 0 aliphatic rings. The Morgan fingerprint density at radius 3 is 2.89 bits per heavy atom. The average molecular weight is 296 g/mol. The highest BCUT2D eigenvalue weighted by Crippen LogP contribution is 2.26. The minimum Gasteiger partial charge on any atom is -0.362 e. The van der Waals surface area contributed by atoms with Crippen LogP contribution in [0.5, 0.6) is 0 Å². The molecule has 5 nitrogen and oxygen atoms in total. The third kappa shape index (κ3) is 3.57. The lowest BCUT2D eigenvalue weighted by Crippen LogP contribution is -2.02. The topological polar surface area (TPSA) is 70.7 Å². The first-order valence-electron chi connectivity index (χ1n) is 5.99. The molecule has 2 N–H and O–H groups in total. The van der Waals surface area contributed by atoms with Gasteiger partial charge < -0.3 is 10.3 Å². The van der Waals surface area contributed by atoms with E-state index in [4.69, 9.17) is 0 Å². The van der Waals surface area contributed by atoms with Gasteiger partial charge in [0.25, 0.3) is 0 Å². The SMILES string of the molecule is CCNc1nnc(SCC(=O)c2cc(C)[nH]c2C)s1. The number of aromatic amines is 1. The third-order valence-electron chi connectivity index (χ3n) is 2.51. The molecule has 0 radical (unpaired) electrons. The van der Waals surface area contributed by atoms with Crippen LogP contribution < -0.4 is 5.32 Å². The fourth-order valence-corrected chi connectivity index (χ4v) is 3.41. The molecule has 2 aromatic rings. The highest BCUT2D eigenvalue weighted by atomic mass is 32.2. The monoisotopic (exact) mass is 296 g/mol. The Balaban J connectivity index is 1.94. The number of rotatable bonds is 6. The number of Topliss-reactive ketones (excluding diaryl/α,β-unsaturated/α-hetero) is 1. The van der Waals surface area contributed by atoms with Crippen LogP contribution in [0, 0.1) is 13.8 Å². The molecule has 102 valence electrons. The summed E-state index contributed by atoms with van der Waals surface area (Å²) in [6, 6.07) is 1.89. The molecule has 0 aliphatic carbocycles. The molecule has 0 unspecified atom stereocenters. The summed E-state index contributed by atoms with van der Waals surface area (Å²) in [5, 5.41) is 11.9. The van der Waals surface area contributed by atoms with Crippen LogP contribution in [0.4, 0.5) is 5.13 Å². The van der Waals surface area contributed by atoms with E-state index >= 15 is 0 Å². The predicted octanol–water partition coefficient (Wildman–Crippen LogP) is 2.89. The molecule has 2 heterocycles. The van der Waals surface area contributed by atoms with Crippen molar-refractivity contribution < 1.29 is 4.79 Å². The summed E-state index contributed by atoms with van der Waals surface area (Å²) in [6.45, 7) is 6.69. The Morgan fingerprint density at radius 2 is 2.26 bits per heavy atom. The van der Waals surface area contributed by atoms with Gasteiger partial charge >= 0.3 is 0 Å². The van der Waals surface area contributed by atoms with Crippen LogP contribution in [0.15, 0.2) is 10.4 Å². The second-order valence-electron chi connectivity index (χ2n) is 4.11. The maximum absolute atomic E-state index is 12.1. The molecule has 0 saturated carbocycles. The van der Waals surface area contributed by atoms with E-state index in [-0.39, 0.29) is 5.78 Å². The van der Waals surface area contributed by atoms with E-state index in [1.165, 1.54) is 23.1 Å². The van der Waals surface area contributed by atoms with Gasteiger partial charge in [-0.25, -0.2) is 0 Å². The van der Waals surface area contributed by atoms with Crippen molar-refractivity contribution in [3.63, 3.8) is 0 Å². The summed E-state index contributed by atoms with van der Waals surface area (Å²) < 4.78 is 0.814. The number of H-pyrrole nitrogens is 1. The normalized spacial score (nSPS) is 10.7. The fourth-order valence-electron chi connectivity index (χ4n) is 1.71. The molecule has 19 heavy (non-hydrogen) atoms. The van der Waals surface area contributed by atoms with Gasteiger partial charge in [-0.05, 0) is 26.8 Å². The Morgan fingerprint density at radius 1 is 1.47 bits per heavy atom. The lowest BCUT2D eigenvalue weighted by atomic mass is 10.2. The van der Waals surface area contributed by atoms with Crippen molar-refractivity contribution in [2.45, 2.75) is 25.1 Å². The molecular weight excluding hydrogens is 280 g/mol. The summed E-state index contributed by atoms with van der Waals surface area (Å²) in [4.78, 5) is 15.2. The van der Waals surface area contributed by atoms with Gasteiger partial charge in [-0.2, -0.15) is 0 Å². The zero-order chi connectivity index (χ0) is 13.8. The van der Waals surface area contributed by atoms with Crippen LogP contribution in [-0.4, -0.2) is 33.3 Å². The molecule has 0 spiro atoms. The largest absolute Gasteiger partial charge is 0.362 e. The minimum atomic E-state index is 0.118. The van der Waals surface area contributed by atoms with Gasteiger partial charge in [0.05, 0.1) is 5.75 Å². The zero-order valence-electron chi connectivity index (χ0n) is 11.1. The van der Waals surface area contributed by atoms with E-state index in [2.05, 4.69) is 20.5 Å². The molecule has 0 atom stereocenters. The number of anilines is 1. The number of thioether (sulfide) groups is 1. The molecular formula is C12H16N4OS2. The number of carbonyl (C=O) groups excluding carboxylic acids is 1. The highest BCUT2D eigenvalue weighted by Gasteiger charge is 2.13. The Kier molecular flexibility index (Phi) is 4.60. The van der Waals surface area contributed by atoms with E-state index in [1.54, 1.807) is 0 Å². The summed E-state index contributed by atoms with van der Waals surface area (Å²) in [6.07, 6.45) is 0. The summed E-state index contributed by atoms with van der Waals surface area (Å²) in [7, 11) is 0. The van der Waals surface area contributed by atoms with Gasteiger partial charge in [0.1, 0.15) is 0 Å². The quantitative estimate of drug-likeness (QED) is 0.633. The van der Waals surface area contributed by atoms with Crippen LogP contribution in [0.2, 0.25) is 0 Å². The number of hydrogen-bond donors (Lipinski definition) is 2. The van der Waals surface area contributed by atoms with Crippen molar-refractivity contribution in [2.24, 2.45) is 0 Å². The van der Waals surface area contributed by atoms with Crippen molar-refractivity contribution in [3.8, 4) is 0 Å². The van der Waals surface area contributed by atoms with E-state index in [9.17, 15) is 4.79 Å². The van der Waals surface area contributed by atoms with Crippen molar-refractivity contribution in [3.05, 3.63) is 23.0 Å². The molecule has 0 bridgehead atoms. The van der Waals surface area contributed by atoms with Crippen molar-refractivity contribution in [1.29, 1.82) is 0 Å². The Labute approximate surface area is 120 Å². The Bertz CT molecular complexity index is 576. The van der Waals surface area contributed by atoms with E-state index < -0.39 is 0 Å². The van der Waals surface area contributed by atoms with Gasteiger partial charge in [0.2, 0.25) is 5.13 Å².